The largest absolute Gasteiger partial charge is 0.355 e. The van der Waals surface area contributed by atoms with E-state index in [-0.39, 0.29) is 5.41 Å². The van der Waals surface area contributed by atoms with Crippen molar-refractivity contribution < 1.29 is 0 Å². The summed E-state index contributed by atoms with van der Waals surface area (Å²) in [6, 6.07) is 102. The molecule has 15 aromatic rings. The van der Waals surface area contributed by atoms with Gasteiger partial charge in [0.2, 0.25) is 0 Å². The monoisotopic (exact) mass is 1040 g/mol. The molecule has 0 saturated heterocycles. The van der Waals surface area contributed by atoms with Gasteiger partial charge in [-0.1, -0.05) is 153 Å². The van der Waals surface area contributed by atoms with Gasteiger partial charge in [-0.25, -0.2) is 0 Å². The molecular weight excluding hydrogens is 985 g/mol. The first-order valence-electron chi connectivity index (χ1n) is 27.9. The van der Waals surface area contributed by atoms with Gasteiger partial charge in [-0.3, -0.25) is 0 Å². The third-order valence-corrected chi connectivity index (χ3v) is 17.0. The second-order valence-electron chi connectivity index (χ2n) is 22.0. The predicted molar refractivity (Wildman–Crippen MR) is 341 cm³/mol. The smallest absolute Gasteiger partial charge is 0.0541 e. The van der Waals surface area contributed by atoms with E-state index in [1.165, 1.54) is 65.5 Å². The summed E-state index contributed by atoms with van der Waals surface area (Å²) in [5.41, 5.74) is 22.6. The predicted octanol–water partition coefficient (Wildman–Crippen LogP) is 20.5. The molecule has 0 atom stereocenters. The topological polar surface area (TPSA) is 44.2 Å². The highest BCUT2D eigenvalue weighted by atomic mass is 15.1. The molecule has 6 heteroatoms. The maximum atomic E-state index is 3.85. The van der Waals surface area contributed by atoms with E-state index in [0.717, 1.165) is 79.0 Å². The van der Waals surface area contributed by atoms with Crippen LogP contribution in [0.3, 0.4) is 0 Å². The Labute approximate surface area is 469 Å². The summed E-state index contributed by atoms with van der Waals surface area (Å²) < 4.78 is 4.87. The quantitative estimate of drug-likeness (QED) is 0.151. The summed E-state index contributed by atoms with van der Waals surface area (Å²) in [5, 5.41) is 11.2. The molecule has 0 spiro atoms. The molecule has 0 amide bonds. The van der Waals surface area contributed by atoms with Gasteiger partial charge in [-0.05, 0) is 162 Å². The van der Waals surface area contributed by atoms with Crippen LogP contribution < -0.4 is 15.1 Å². The number of fused-ring (bicyclic) bond motifs is 11. The van der Waals surface area contributed by atoms with E-state index in [4.69, 9.17) is 0 Å². The molecule has 6 nitrogen and oxygen atoms in total. The summed E-state index contributed by atoms with van der Waals surface area (Å²) in [4.78, 5) is 8.52. The molecule has 0 radical (unpaired) electrons. The fraction of sp³-hybridized carbons (Fsp3) is 0.0400. The van der Waals surface area contributed by atoms with E-state index in [9.17, 15) is 0 Å². The van der Waals surface area contributed by atoms with Gasteiger partial charge < -0.3 is 29.2 Å². The highest BCUT2D eigenvalue weighted by Gasteiger charge is 2.34. The van der Waals surface area contributed by atoms with Gasteiger partial charge in [0.1, 0.15) is 0 Å². The van der Waals surface area contributed by atoms with Crippen molar-refractivity contribution in [2.24, 2.45) is 0 Å². The van der Waals surface area contributed by atoms with Crippen molar-refractivity contribution in [3.05, 3.63) is 290 Å². The molecule has 384 valence electrons. The first-order chi connectivity index (χ1) is 39.9. The molecule has 0 unspecified atom stereocenters. The molecule has 0 bridgehead atoms. The summed E-state index contributed by atoms with van der Waals surface area (Å²) >= 11 is 0. The van der Waals surface area contributed by atoms with Crippen LogP contribution in [0.25, 0.3) is 87.9 Å². The Bertz CT molecular complexity index is 4860. The molecule has 16 rings (SSSR count). The number of hydrogen-bond acceptors (Lipinski definition) is 3. The third kappa shape index (κ3) is 7.48. The first-order valence-corrected chi connectivity index (χ1v) is 27.9. The third-order valence-electron chi connectivity index (χ3n) is 17.0. The van der Waals surface area contributed by atoms with Crippen LogP contribution in [0.4, 0.5) is 45.5 Å². The van der Waals surface area contributed by atoms with E-state index in [2.05, 4.69) is 322 Å². The fourth-order valence-corrected chi connectivity index (χ4v) is 13.1. The fourth-order valence-electron chi connectivity index (χ4n) is 13.1. The van der Waals surface area contributed by atoms with Gasteiger partial charge in [0.15, 0.2) is 0 Å². The number of nitrogens with one attached hydrogen (secondary N) is 2. The number of rotatable bonds is 9. The normalized spacial score (nSPS) is 12.8. The van der Waals surface area contributed by atoms with E-state index >= 15 is 0 Å². The van der Waals surface area contributed by atoms with Gasteiger partial charge in [-0.2, -0.15) is 0 Å². The number of aromatic amines is 1. The molecule has 81 heavy (non-hydrogen) atoms. The molecule has 0 fully saturated rings. The van der Waals surface area contributed by atoms with Crippen LogP contribution >= 0.6 is 0 Å². The molecule has 4 heterocycles. The Kier molecular flexibility index (Phi) is 10.5. The average molecular weight is 1040 g/mol. The zero-order chi connectivity index (χ0) is 53.8. The summed E-state index contributed by atoms with van der Waals surface area (Å²) in [5.74, 6) is 0. The van der Waals surface area contributed by atoms with Gasteiger partial charge in [-0.15, -0.1) is 0 Å². The number of anilines is 8. The molecular formula is C75H54N6. The molecule has 1 aliphatic heterocycles. The van der Waals surface area contributed by atoms with Gasteiger partial charge in [0.05, 0.1) is 22.1 Å². The van der Waals surface area contributed by atoms with Crippen molar-refractivity contribution in [2.75, 3.05) is 15.1 Å². The van der Waals surface area contributed by atoms with Crippen molar-refractivity contribution in [1.82, 2.24) is 14.1 Å². The number of H-pyrrole nitrogens is 1. The van der Waals surface area contributed by atoms with Crippen molar-refractivity contribution in [3.8, 4) is 22.5 Å². The Balaban J connectivity index is 0.757. The van der Waals surface area contributed by atoms with Crippen molar-refractivity contribution in [2.45, 2.75) is 19.3 Å². The number of benzene rings is 12. The van der Waals surface area contributed by atoms with E-state index in [1.54, 1.807) is 0 Å². The van der Waals surface area contributed by atoms with Crippen LogP contribution in [0.5, 0.6) is 0 Å². The van der Waals surface area contributed by atoms with Crippen LogP contribution in [0.2, 0.25) is 0 Å². The highest BCUT2D eigenvalue weighted by Crippen LogP contribution is 2.49. The number of hydrogen-bond donors (Lipinski definition) is 2. The maximum Gasteiger partial charge on any atom is 0.0541 e. The summed E-state index contributed by atoms with van der Waals surface area (Å²) in [6.45, 7) is 4.75. The number of para-hydroxylation sites is 6. The Morgan fingerprint density at radius 2 is 0.704 bits per heavy atom. The molecule has 0 aliphatic carbocycles. The highest BCUT2D eigenvalue weighted by molar-refractivity contribution is 6.12. The van der Waals surface area contributed by atoms with Crippen LogP contribution in [-0.4, -0.2) is 14.1 Å². The molecule has 2 N–H and O–H groups in total. The molecule has 12 aromatic carbocycles. The van der Waals surface area contributed by atoms with Crippen LogP contribution in [-0.2, 0) is 5.41 Å². The van der Waals surface area contributed by atoms with Crippen LogP contribution in [0, 0.1) is 0 Å². The Morgan fingerprint density at radius 3 is 1.21 bits per heavy atom. The number of nitrogens with zero attached hydrogens (tertiary/aromatic N) is 4. The second-order valence-corrected chi connectivity index (χ2v) is 22.0. The minimum absolute atomic E-state index is 0.301. The van der Waals surface area contributed by atoms with Crippen molar-refractivity contribution in [1.29, 1.82) is 0 Å². The summed E-state index contributed by atoms with van der Waals surface area (Å²) in [6.07, 6.45) is 0. The van der Waals surface area contributed by atoms with Gasteiger partial charge in [0, 0.05) is 106 Å². The lowest BCUT2D eigenvalue weighted by molar-refractivity contribution is 0.637. The van der Waals surface area contributed by atoms with Gasteiger partial charge >= 0.3 is 0 Å². The zero-order valence-corrected chi connectivity index (χ0v) is 44.8. The Hall–Kier alpha value is -10.6. The SMILES string of the molecule is CC1(C)c2cc(-n3c4ccccc4c4ccccc43)ccc2Nc2ccc(-n3c4ccccc4c4cc(-c5cccc(N(c6ccccc6)c6ccc7c(c6)[nH]c6cc(N(c8ccccc8)c8ccccc8)ccc67)c5)ccc43)cc21. The standard InChI is InChI=1S/C75H54N6/c1-75(2)65-45-55(80-71-30-15-12-27-61(71)62-28-13-16-31-72(62)80)36-40-67(65)76-68-41-37-56(46-66(68)75)81-73-32-17-14-29-63(73)64-44-50(33-42-74(64)81)49-19-18-26-54(43-49)79(53-24-10-5-11-25-53)58-35-39-60-59-38-34-57(47-69(59)77-70(60)48-58)78(51-20-6-3-7-21-51)52-22-8-4-9-23-52/h3-48,76-77H,1-2H3. The lowest BCUT2D eigenvalue weighted by atomic mass is 9.74. The summed E-state index contributed by atoms with van der Waals surface area (Å²) in [7, 11) is 0. The van der Waals surface area contributed by atoms with Gasteiger partial charge in [0.25, 0.3) is 0 Å². The van der Waals surface area contributed by atoms with Crippen molar-refractivity contribution in [3.63, 3.8) is 0 Å². The zero-order valence-electron chi connectivity index (χ0n) is 44.8. The molecule has 3 aromatic heterocycles. The second kappa shape index (κ2) is 18.3. The van der Waals surface area contributed by atoms with Crippen LogP contribution in [0.15, 0.2) is 279 Å². The average Bonchev–Trinajstić information content (AvgIpc) is 4.27. The van der Waals surface area contributed by atoms with E-state index in [1.807, 2.05) is 0 Å². The lowest BCUT2D eigenvalue weighted by Crippen LogP contribution is -2.26. The first kappa shape index (κ1) is 46.5. The maximum absolute atomic E-state index is 3.85. The Morgan fingerprint density at radius 1 is 0.296 bits per heavy atom. The van der Waals surface area contributed by atoms with Crippen molar-refractivity contribution >= 4 is 111 Å². The number of aromatic nitrogens is 3. The van der Waals surface area contributed by atoms with E-state index < -0.39 is 0 Å². The molecule has 1 aliphatic rings. The minimum Gasteiger partial charge on any atom is -0.355 e. The van der Waals surface area contributed by atoms with E-state index in [0.29, 0.717) is 0 Å². The van der Waals surface area contributed by atoms with Crippen LogP contribution in [0.1, 0.15) is 25.0 Å². The molecule has 0 saturated carbocycles. The minimum atomic E-state index is -0.301. The lowest BCUT2D eigenvalue weighted by Gasteiger charge is -2.36.